The van der Waals surface area contributed by atoms with Crippen molar-refractivity contribution in [3.05, 3.63) is 65.2 Å². The van der Waals surface area contributed by atoms with E-state index in [9.17, 15) is 26.4 Å². The normalized spacial score (nSPS) is 19.0. The molecule has 37 heavy (non-hydrogen) atoms. The largest absolute Gasteiger partial charge is 0.463 e. The van der Waals surface area contributed by atoms with Crippen molar-refractivity contribution in [1.29, 1.82) is 0 Å². The molecule has 2 aliphatic heterocycles. The number of sulfonamides is 1. The fraction of sp³-hybridized carbons (Fsp3) is 0.440. The Bertz CT molecular complexity index is 1250. The lowest BCUT2D eigenvalue weighted by atomic mass is 10.0. The molecule has 0 radical (unpaired) electrons. The minimum atomic E-state index is -4.46. The third-order valence-electron chi connectivity index (χ3n) is 6.38. The zero-order valence-electron chi connectivity index (χ0n) is 20.5. The minimum absolute atomic E-state index is 0.0288. The van der Waals surface area contributed by atoms with E-state index in [1.165, 1.54) is 16.4 Å². The molecule has 1 atom stereocenters. The Balaban J connectivity index is 1.54. The number of amides is 1. The highest BCUT2D eigenvalue weighted by Gasteiger charge is 2.41. The molecule has 12 heteroatoms. The van der Waals surface area contributed by atoms with Gasteiger partial charge >= 0.3 is 6.18 Å². The van der Waals surface area contributed by atoms with E-state index in [1.807, 2.05) is 13.8 Å². The maximum atomic E-state index is 13.6. The summed E-state index contributed by atoms with van der Waals surface area (Å²) in [6, 6.07) is 10.3. The average molecular weight is 539 g/mol. The zero-order valence-corrected chi connectivity index (χ0v) is 21.3. The number of nitrogens with zero attached hydrogens (tertiary/aromatic N) is 3. The summed E-state index contributed by atoms with van der Waals surface area (Å²) in [4.78, 5) is 19.4. The highest BCUT2D eigenvalue weighted by molar-refractivity contribution is 7.89. The molecule has 1 amide bonds. The van der Waals surface area contributed by atoms with Crippen molar-refractivity contribution in [3.63, 3.8) is 0 Å². The van der Waals surface area contributed by atoms with Crippen LogP contribution in [0.5, 0.6) is 0 Å². The van der Waals surface area contributed by atoms with Crippen LogP contribution in [0.3, 0.4) is 0 Å². The third-order valence-corrected chi connectivity index (χ3v) is 8.30. The number of carbonyl (C=O) groups excluding carboxylic acids is 1. The zero-order chi connectivity index (χ0) is 26.8. The Kier molecular flexibility index (Phi) is 7.79. The van der Waals surface area contributed by atoms with Crippen LogP contribution in [-0.4, -0.2) is 68.4 Å². The molecule has 2 aliphatic rings. The number of halogens is 3. The van der Waals surface area contributed by atoms with Crippen LogP contribution in [0.4, 0.5) is 13.2 Å². The monoisotopic (exact) mass is 538 g/mol. The van der Waals surface area contributed by atoms with E-state index in [1.54, 1.807) is 29.2 Å². The summed E-state index contributed by atoms with van der Waals surface area (Å²) < 4.78 is 72.4. The number of amidine groups is 1. The lowest BCUT2D eigenvalue weighted by Crippen LogP contribution is -2.61. The van der Waals surface area contributed by atoms with Crippen LogP contribution >= 0.6 is 0 Å². The van der Waals surface area contributed by atoms with Gasteiger partial charge in [0.1, 0.15) is 12.6 Å². The van der Waals surface area contributed by atoms with Gasteiger partial charge in [-0.25, -0.2) is 13.4 Å². The van der Waals surface area contributed by atoms with E-state index in [2.05, 4.69) is 10.3 Å². The summed E-state index contributed by atoms with van der Waals surface area (Å²) >= 11 is 0. The van der Waals surface area contributed by atoms with Crippen molar-refractivity contribution >= 4 is 22.0 Å². The Morgan fingerprint density at radius 3 is 2.35 bits per heavy atom. The molecule has 4 rings (SSSR count). The van der Waals surface area contributed by atoms with Crippen LogP contribution in [0, 0.1) is 0 Å². The molecule has 0 bridgehead atoms. The maximum Gasteiger partial charge on any atom is 0.416 e. The van der Waals surface area contributed by atoms with Gasteiger partial charge in [-0.15, -0.1) is 0 Å². The van der Waals surface area contributed by atoms with Gasteiger partial charge in [0.25, 0.3) is 6.02 Å². The van der Waals surface area contributed by atoms with Crippen LogP contribution < -0.4 is 5.32 Å². The number of aliphatic imine (C=N–C) groups is 1. The fourth-order valence-electron chi connectivity index (χ4n) is 4.24. The van der Waals surface area contributed by atoms with Crippen LogP contribution in [-0.2, 0) is 32.3 Å². The highest BCUT2D eigenvalue weighted by Crippen LogP contribution is 2.29. The molecule has 0 aromatic heterocycles. The molecule has 1 N–H and O–H groups in total. The van der Waals surface area contributed by atoms with E-state index in [0.717, 1.165) is 17.7 Å². The Morgan fingerprint density at radius 2 is 1.78 bits per heavy atom. The molecule has 1 fully saturated rings. The van der Waals surface area contributed by atoms with Gasteiger partial charge in [0.2, 0.25) is 15.9 Å². The van der Waals surface area contributed by atoms with Crippen molar-refractivity contribution in [2.75, 3.05) is 32.8 Å². The van der Waals surface area contributed by atoms with Gasteiger partial charge in [-0.3, -0.25) is 4.79 Å². The van der Waals surface area contributed by atoms with E-state index in [-0.39, 0.29) is 30.4 Å². The molecule has 2 aromatic carbocycles. The summed E-state index contributed by atoms with van der Waals surface area (Å²) in [7, 11) is -4.01. The van der Waals surface area contributed by atoms with E-state index in [0.29, 0.717) is 31.3 Å². The molecule has 2 heterocycles. The number of nitrogens with one attached hydrogen (secondary N) is 1. The third kappa shape index (κ3) is 6.07. The second kappa shape index (κ2) is 10.7. The SMILES string of the molecule is CC(C)c1ccc(S(=O)(=O)N2CCN(C3=NCCO3)CC2C(=O)NCc2ccc(C(F)(F)F)cc2)cc1. The highest BCUT2D eigenvalue weighted by atomic mass is 32.2. The van der Waals surface area contributed by atoms with E-state index < -0.39 is 33.7 Å². The smallest absolute Gasteiger partial charge is 0.416 e. The van der Waals surface area contributed by atoms with Crippen molar-refractivity contribution in [1.82, 2.24) is 14.5 Å². The Morgan fingerprint density at radius 1 is 1.11 bits per heavy atom. The summed E-state index contributed by atoms with van der Waals surface area (Å²) in [5, 5.41) is 2.68. The number of piperazine rings is 1. The molecular weight excluding hydrogens is 509 g/mol. The first-order valence-electron chi connectivity index (χ1n) is 11.9. The second-order valence-corrected chi connectivity index (χ2v) is 11.1. The van der Waals surface area contributed by atoms with Gasteiger partial charge in [0.05, 0.1) is 17.0 Å². The number of ether oxygens (including phenoxy) is 1. The lowest BCUT2D eigenvalue weighted by molar-refractivity contribution is -0.137. The number of carbonyl (C=O) groups is 1. The second-order valence-electron chi connectivity index (χ2n) is 9.23. The molecule has 1 unspecified atom stereocenters. The first-order valence-corrected chi connectivity index (χ1v) is 13.4. The van der Waals surface area contributed by atoms with Crippen LogP contribution in [0.25, 0.3) is 0 Å². The van der Waals surface area contributed by atoms with Gasteiger partial charge in [0, 0.05) is 26.2 Å². The molecule has 0 spiro atoms. The molecule has 1 saturated heterocycles. The van der Waals surface area contributed by atoms with Crippen molar-refractivity contribution in [2.24, 2.45) is 4.99 Å². The number of hydrogen-bond donors (Lipinski definition) is 1. The maximum absolute atomic E-state index is 13.6. The molecule has 0 saturated carbocycles. The first-order chi connectivity index (χ1) is 17.5. The van der Waals surface area contributed by atoms with E-state index >= 15 is 0 Å². The Hall–Kier alpha value is -3.12. The van der Waals surface area contributed by atoms with E-state index in [4.69, 9.17) is 4.74 Å². The van der Waals surface area contributed by atoms with Crippen LogP contribution in [0.15, 0.2) is 58.4 Å². The molecular formula is C25H29F3N4O4S. The molecule has 8 nitrogen and oxygen atoms in total. The molecule has 0 aliphatic carbocycles. The standard InChI is InChI=1S/C25H29F3N4O4S/c1-17(2)19-5-9-21(10-6-19)37(34,35)32-13-12-31(24-29-11-14-36-24)16-22(32)23(33)30-15-18-3-7-20(8-4-18)25(26,27)28/h3-10,17,22H,11-16H2,1-2H3,(H,30,33). The number of benzene rings is 2. The van der Waals surface area contributed by atoms with Crippen LogP contribution in [0.1, 0.15) is 36.5 Å². The van der Waals surface area contributed by atoms with Gasteiger partial charge in [-0.1, -0.05) is 38.1 Å². The van der Waals surface area contributed by atoms with Gasteiger partial charge in [-0.2, -0.15) is 17.5 Å². The number of alkyl halides is 3. The van der Waals surface area contributed by atoms with Crippen LogP contribution in [0.2, 0.25) is 0 Å². The molecule has 2 aromatic rings. The average Bonchev–Trinajstić information content (AvgIpc) is 3.42. The van der Waals surface area contributed by atoms with Crippen molar-refractivity contribution in [3.8, 4) is 0 Å². The fourth-order valence-corrected chi connectivity index (χ4v) is 5.81. The number of rotatable bonds is 6. The van der Waals surface area contributed by atoms with Crippen molar-refractivity contribution in [2.45, 2.75) is 43.4 Å². The van der Waals surface area contributed by atoms with Gasteiger partial charge in [0.15, 0.2) is 0 Å². The predicted octanol–water partition coefficient (Wildman–Crippen LogP) is 3.21. The van der Waals surface area contributed by atoms with Crippen molar-refractivity contribution < 1.29 is 31.1 Å². The summed E-state index contributed by atoms with van der Waals surface area (Å²) in [5.41, 5.74) is 0.658. The summed E-state index contributed by atoms with van der Waals surface area (Å²) in [5.74, 6) is -0.332. The summed E-state index contributed by atoms with van der Waals surface area (Å²) in [6.07, 6.45) is -4.46. The Labute approximate surface area is 214 Å². The quantitative estimate of drug-likeness (QED) is 0.610. The predicted molar refractivity (Wildman–Crippen MR) is 131 cm³/mol. The topological polar surface area (TPSA) is 91.3 Å². The number of hydrogen-bond acceptors (Lipinski definition) is 6. The molecule has 200 valence electrons. The van der Waals surface area contributed by atoms with Gasteiger partial charge in [-0.05, 0) is 41.3 Å². The summed E-state index contributed by atoms with van der Waals surface area (Å²) in [6.45, 7) is 5.23. The first kappa shape index (κ1) is 26.9. The van der Waals surface area contributed by atoms with Gasteiger partial charge < -0.3 is 15.0 Å². The lowest BCUT2D eigenvalue weighted by Gasteiger charge is -2.39. The minimum Gasteiger partial charge on any atom is -0.463 e.